The number of ether oxygens (including phenoxy) is 4. The summed E-state index contributed by atoms with van der Waals surface area (Å²) in [6.45, 7) is 4.65. The first-order chi connectivity index (χ1) is 18.2. The molecule has 1 fully saturated rings. The summed E-state index contributed by atoms with van der Waals surface area (Å²) in [5.41, 5.74) is 0.684. The molecule has 4 aromatic rings. The number of rotatable bonds is 10. The van der Waals surface area contributed by atoms with Crippen molar-refractivity contribution >= 4 is 43.4 Å². The smallest absolute Gasteiger partial charge is 0.266 e. The molecule has 1 amide bonds. The first kappa shape index (κ1) is 25.3. The van der Waals surface area contributed by atoms with Gasteiger partial charge in [-0.2, -0.15) is 0 Å². The lowest BCUT2D eigenvalue weighted by Gasteiger charge is -2.27. The summed E-state index contributed by atoms with van der Waals surface area (Å²) in [5, 5.41) is 2.80. The fourth-order valence-electron chi connectivity index (χ4n) is 4.47. The van der Waals surface area contributed by atoms with Gasteiger partial charge in [0.25, 0.3) is 5.91 Å². The van der Waals surface area contributed by atoms with Crippen LogP contribution in [0.15, 0.2) is 54.6 Å². The van der Waals surface area contributed by atoms with Gasteiger partial charge in [0.1, 0.15) is 27.5 Å². The number of fused-ring (bicyclic) bond motifs is 2. The molecule has 0 atom stereocenters. The lowest BCUT2D eigenvalue weighted by Crippen LogP contribution is -2.40. The molecule has 1 saturated heterocycles. The van der Waals surface area contributed by atoms with Gasteiger partial charge in [-0.25, -0.2) is 4.98 Å². The second-order valence-electron chi connectivity index (χ2n) is 8.79. The van der Waals surface area contributed by atoms with Crippen LogP contribution in [0.4, 0.5) is 5.13 Å². The Hall–Kier alpha value is -3.40. The van der Waals surface area contributed by atoms with Crippen molar-refractivity contribution in [3.63, 3.8) is 0 Å². The summed E-state index contributed by atoms with van der Waals surface area (Å²) in [5.74, 6) is 1.86. The number of carbonyl (C=O) groups excluding carboxylic acids is 1. The van der Waals surface area contributed by atoms with Crippen LogP contribution >= 0.6 is 11.3 Å². The van der Waals surface area contributed by atoms with Crippen molar-refractivity contribution in [1.29, 1.82) is 0 Å². The van der Waals surface area contributed by atoms with E-state index in [-0.39, 0.29) is 12.5 Å². The van der Waals surface area contributed by atoms with Crippen LogP contribution in [0.2, 0.25) is 0 Å². The standard InChI is InChI=1S/C28H31N3O5S/c1-33-23-10-11-24(34-2)27-26(23)29-28(37-27)31(13-5-12-30-14-16-35-17-15-30)25(32)19-36-22-9-8-20-6-3-4-7-21(20)18-22/h3-4,6-11,18H,5,12-17,19H2,1-2H3. The van der Waals surface area contributed by atoms with Crippen molar-refractivity contribution in [3.8, 4) is 17.2 Å². The van der Waals surface area contributed by atoms with Gasteiger partial charge >= 0.3 is 0 Å². The quantitative estimate of drug-likeness (QED) is 0.302. The number of nitrogens with zero attached hydrogens (tertiary/aromatic N) is 3. The molecular formula is C28H31N3O5S. The molecule has 0 unspecified atom stereocenters. The summed E-state index contributed by atoms with van der Waals surface area (Å²) in [7, 11) is 3.24. The molecule has 194 valence electrons. The van der Waals surface area contributed by atoms with Gasteiger partial charge in [-0.1, -0.05) is 41.7 Å². The lowest BCUT2D eigenvalue weighted by molar-refractivity contribution is -0.120. The van der Waals surface area contributed by atoms with E-state index in [9.17, 15) is 4.79 Å². The third-order valence-corrected chi connectivity index (χ3v) is 7.57. The highest BCUT2D eigenvalue weighted by Gasteiger charge is 2.23. The van der Waals surface area contributed by atoms with Gasteiger partial charge in [-0.15, -0.1) is 0 Å². The molecule has 1 aliphatic heterocycles. The average molecular weight is 522 g/mol. The predicted octanol–water partition coefficient (Wildman–Crippen LogP) is 4.60. The van der Waals surface area contributed by atoms with Crippen LogP contribution in [-0.2, 0) is 9.53 Å². The number of hydrogen-bond donors (Lipinski definition) is 0. The monoisotopic (exact) mass is 521 g/mol. The van der Waals surface area contributed by atoms with Gasteiger partial charge in [0.15, 0.2) is 11.7 Å². The van der Waals surface area contributed by atoms with E-state index in [1.165, 1.54) is 11.3 Å². The van der Waals surface area contributed by atoms with E-state index in [1.807, 2.05) is 48.5 Å². The number of thiazole rings is 1. The van der Waals surface area contributed by atoms with Crippen molar-refractivity contribution in [2.24, 2.45) is 0 Å². The Kier molecular flexibility index (Phi) is 8.03. The highest BCUT2D eigenvalue weighted by molar-refractivity contribution is 7.22. The van der Waals surface area contributed by atoms with Gasteiger partial charge in [-0.05, 0) is 41.5 Å². The molecule has 9 heteroatoms. The number of benzene rings is 3. The minimum atomic E-state index is -0.146. The number of carbonyl (C=O) groups is 1. The maximum atomic E-state index is 13.5. The van der Waals surface area contributed by atoms with Crippen molar-refractivity contribution in [2.75, 3.05) is 65.1 Å². The molecule has 0 aliphatic carbocycles. The van der Waals surface area contributed by atoms with E-state index in [4.69, 9.17) is 23.9 Å². The van der Waals surface area contributed by atoms with Gasteiger partial charge in [0, 0.05) is 26.2 Å². The Morgan fingerprint density at radius 3 is 2.57 bits per heavy atom. The SMILES string of the molecule is COc1ccc(OC)c2sc(N(CCCN3CCOCC3)C(=O)COc3ccc4ccccc4c3)nc12. The highest BCUT2D eigenvalue weighted by atomic mass is 32.1. The molecular weight excluding hydrogens is 490 g/mol. The molecule has 2 heterocycles. The molecule has 1 aliphatic rings. The molecule has 0 spiro atoms. The first-order valence-electron chi connectivity index (χ1n) is 12.4. The second-order valence-corrected chi connectivity index (χ2v) is 9.77. The van der Waals surface area contributed by atoms with Crippen molar-refractivity contribution in [3.05, 3.63) is 54.6 Å². The molecule has 5 rings (SSSR count). The minimum absolute atomic E-state index is 0.0832. The number of aromatic nitrogens is 1. The normalized spacial score (nSPS) is 14.1. The van der Waals surface area contributed by atoms with Gasteiger partial charge in [-0.3, -0.25) is 14.6 Å². The maximum absolute atomic E-state index is 13.5. The Labute approximate surface area is 220 Å². The fraction of sp³-hybridized carbons (Fsp3) is 0.357. The summed E-state index contributed by atoms with van der Waals surface area (Å²) in [6.07, 6.45) is 0.811. The summed E-state index contributed by atoms with van der Waals surface area (Å²) in [4.78, 5) is 22.4. The number of methoxy groups -OCH3 is 2. The predicted molar refractivity (Wildman–Crippen MR) is 146 cm³/mol. The third-order valence-electron chi connectivity index (χ3n) is 6.47. The number of amides is 1. The number of anilines is 1. The molecule has 8 nitrogen and oxygen atoms in total. The zero-order valence-electron chi connectivity index (χ0n) is 21.1. The van der Waals surface area contributed by atoms with Crippen molar-refractivity contribution in [1.82, 2.24) is 9.88 Å². The molecule has 37 heavy (non-hydrogen) atoms. The summed E-state index contributed by atoms with van der Waals surface area (Å²) in [6, 6.07) is 17.6. The Morgan fingerprint density at radius 1 is 1.03 bits per heavy atom. The molecule has 1 aromatic heterocycles. The zero-order chi connectivity index (χ0) is 25.6. The van der Waals surface area contributed by atoms with E-state index >= 15 is 0 Å². The summed E-state index contributed by atoms with van der Waals surface area (Å²) >= 11 is 1.42. The maximum Gasteiger partial charge on any atom is 0.266 e. The van der Waals surface area contributed by atoms with E-state index in [0.717, 1.165) is 54.7 Å². The minimum Gasteiger partial charge on any atom is -0.495 e. The van der Waals surface area contributed by atoms with Crippen molar-refractivity contribution in [2.45, 2.75) is 6.42 Å². The molecule has 0 N–H and O–H groups in total. The van der Waals surface area contributed by atoms with Gasteiger partial charge in [0.2, 0.25) is 0 Å². The number of morpholine rings is 1. The van der Waals surface area contributed by atoms with Crippen LogP contribution in [0.3, 0.4) is 0 Å². The highest BCUT2D eigenvalue weighted by Crippen LogP contribution is 2.40. The Bertz CT molecular complexity index is 1330. The van der Waals surface area contributed by atoms with Crippen LogP contribution in [0.1, 0.15) is 6.42 Å². The first-order valence-corrected chi connectivity index (χ1v) is 13.2. The zero-order valence-corrected chi connectivity index (χ0v) is 22.0. The van der Waals surface area contributed by atoms with Crippen LogP contribution in [-0.4, -0.2) is 76.0 Å². The fourth-order valence-corrected chi connectivity index (χ4v) is 5.59. The molecule has 3 aromatic carbocycles. The van der Waals surface area contributed by atoms with E-state index in [1.54, 1.807) is 19.1 Å². The van der Waals surface area contributed by atoms with Gasteiger partial charge < -0.3 is 18.9 Å². The van der Waals surface area contributed by atoms with E-state index in [0.29, 0.717) is 34.4 Å². The average Bonchev–Trinajstić information content (AvgIpc) is 3.39. The van der Waals surface area contributed by atoms with Gasteiger partial charge in [0.05, 0.1) is 27.4 Å². The molecule has 0 radical (unpaired) electrons. The Morgan fingerprint density at radius 2 is 1.78 bits per heavy atom. The number of hydrogen-bond acceptors (Lipinski definition) is 8. The third kappa shape index (κ3) is 5.79. The van der Waals surface area contributed by atoms with Crippen molar-refractivity contribution < 1.29 is 23.7 Å². The summed E-state index contributed by atoms with van der Waals surface area (Å²) < 4.78 is 23.3. The van der Waals surface area contributed by atoms with Crippen LogP contribution < -0.4 is 19.1 Å². The largest absolute Gasteiger partial charge is 0.495 e. The van der Waals surface area contributed by atoms with E-state index in [2.05, 4.69) is 11.0 Å². The molecule has 0 saturated carbocycles. The topological polar surface area (TPSA) is 73.4 Å². The van der Waals surface area contributed by atoms with Crippen LogP contribution in [0.5, 0.6) is 17.2 Å². The lowest BCUT2D eigenvalue weighted by atomic mass is 10.1. The molecule has 0 bridgehead atoms. The van der Waals surface area contributed by atoms with Crippen LogP contribution in [0.25, 0.3) is 21.0 Å². The van der Waals surface area contributed by atoms with Crippen LogP contribution in [0, 0.1) is 0 Å². The second kappa shape index (κ2) is 11.8. The Balaban J connectivity index is 1.36. The van der Waals surface area contributed by atoms with E-state index < -0.39 is 0 Å².